The minimum atomic E-state index is -0.417. The Hall–Kier alpha value is -2.54. The number of nitrogens with one attached hydrogen (secondary N) is 1. The highest BCUT2D eigenvalue weighted by molar-refractivity contribution is 7.19. The molecule has 1 heterocycles. The van der Waals surface area contributed by atoms with Crippen LogP contribution in [0.5, 0.6) is 0 Å². The highest BCUT2D eigenvalue weighted by Gasteiger charge is 2.19. The summed E-state index contributed by atoms with van der Waals surface area (Å²) in [5.74, 6) is -0.776. The summed E-state index contributed by atoms with van der Waals surface area (Å²) in [5, 5.41) is 3.54. The normalized spacial score (nSPS) is 10.9. The molecule has 3 N–H and O–H groups in total. The molecule has 126 valence electrons. The summed E-state index contributed by atoms with van der Waals surface area (Å²) in [6.07, 6.45) is 1.56. The number of rotatable bonds is 4. The maximum atomic E-state index is 13.5. The Morgan fingerprint density at radius 2 is 2.12 bits per heavy atom. The van der Waals surface area contributed by atoms with Crippen LogP contribution in [0.3, 0.4) is 0 Å². The number of thiazole rings is 1. The molecule has 0 radical (unpaired) electrons. The van der Waals surface area contributed by atoms with Gasteiger partial charge in [0, 0.05) is 18.8 Å². The second-order valence-electron chi connectivity index (χ2n) is 5.45. The van der Waals surface area contributed by atoms with Crippen molar-refractivity contribution in [3.63, 3.8) is 0 Å². The number of hydrogen-bond acceptors (Lipinski definition) is 5. The number of allylic oxidation sites excluding steroid dienone is 2. The lowest BCUT2D eigenvalue weighted by Gasteiger charge is -2.06. The van der Waals surface area contributed by atoms with Crippen molar-refractivity contribution in [1.29, 1.82) is 0 Å². The van der Waals surface area contributed by atoms with Gasteiger partial charge in [-0.25, -0.2) is 9.37 Å². The number of anilines is 1. The smallest absolute Gasteiger partial charge is 0.277 e. The van der Waals surface area contributed by atoms with Crippen molar-refractivity contribution in [3.05, 3.63) is 46.5 Å². The molecule has 0 atom stereocenters. The average molecular weight is 346 g/mol. The predicted molar refractivity (Wildman–Crippen MR) is 96.9 cm³/mol. The van der Waals surface area contributed by atoms with Crippen molar-refractivity contribution in [2.75, 3.05) is 12.8 Å². The fourth-order valence-corrected chi connectivity index (χ4v) is 2.94. The van der Waals surface area contributed by atoms with Crippen LogP contribution in [0, 0.1) is 12.7 Å². The van der Waals surface area contributed by atoms with Gasteiger partial charge in [-0.2, -0.15) is 0 Å². The van der Waals surface area contributed by atoms with Crippen LogP contribution in [0.25, 0.3) is 10.6 Å². The number of halogens is 1. The van der Waals surface area contributed by atoms with Gasteiger partial charge in [-0.3, -0.25) is 9.79 Å². The van der Waals surface area contributed by atoms with Crippen LogP contribution < -0.4 is 11.1 Å². The van der Waals surface area contributed by atoms with E-state index in [1.54, 1.807) is 19.3 Å². The van der Waals surface area contributed by atoms with Crippen LogP contribution in [0.15, 0.2) is 34.5 Å². The van der Waals surface area contributed by atoms with Crippen molar-refractivity contribution in [3.8, 4) is 10.6 Å². The molecule has 0 aliphatic carbocycles. The summed E-state index contributed by atoms with van der Waals surface area (Å²) in [7, 11) is 1.62. The van der Waals surface area contributed by atoms with E-state index in [1.807, 2.05) is 20.8 Å². The number of nitrogens with two attached hydrogens (primary N) is 1. The Labute approximate surface area is 144 Å². The first-order valence-electron chi connectivity index (χ1n) is 7.27. The summed E-state index contributed by atoms with van der Waals surface area (Å²) in [6, 6.07) is 4.44. The first-order chi connectivity index (χ1) is 11.3. The summed E-state index contributed by atoms with van der Waals surface area (Å²) >= 11 is 1.16. The third-order valence-electron chi connectivity index (χ3n) is 3.34. The Bertz CT molecular complexity index is 835. The molecular weight excluding hydrogens is 327 g/mol. The Morgan fingerprint density at radius 3 is 2.75 bits per heavy atom. The van der Waals surface area contributed by atoms with Crippen LogP contribution in [0.1, 0.15) is 29.9 Å². The van der Waals surface area contributed by atoms with E-state index in [1.165, 1.54) is 12.1 Å². The number of hydrogen-bond donors (Lipinski definition) is 2. The fraction of sp³-hybridized carbons (Fsp3) is 0.235. The van der Waals surface area contributed by atoms with Crippen LogP contribution in [-0.4, -0.2) is 24.2 Å². The van der Waals surface area contributed by atoms with Gasteiger partial charge in [-0.15, -0.1) is 0 Å². The molecule has 1 aromatic heterocycles. The van der Waals surface area contributed by atoms with Gasteiger partial charge in [0.05, 0.1) is 5.70 Å². The molecule has 0 aliphatic rings. The summed E-state index contributed by atoms with van der Waals surface area (Å²) in [4.78, 5) is 20.6. The van der Waals surface area contributed by atoms with Gasteiger partial charge in [-0.1, -0.05) is 23.0 Å². The standard InChI is InChI=1S/C17H19FN4OS/c1-9(2)13(8-20-4)21-16(23)14-15(19)24-17(22-14)12-7-11(18)6-5-10(12)3/h5-8H,19H2,1-4H3,(H,21,23). The number of nitrogen functional groups attached to an aromatic ring is 1. The van der Waals surface area contributed by atoms with Crippen LogP contribution in [-0.2, 0) is 0 Å². The van der Waals surface area contributed by atoms with Gasteiger partial charge in [0.2, 0.25) is 0 Å². The van der Waals surface area contributed by atoms with Gasteiger partial charge < -0.3 is 11.1 Å². The molecule has 0 saturated carbocycles. The third kappa shape index (κ3) is 3.86. The van der Waals surface area contributed by atoms with Crippen LogP contribution in [0.4, 0.5) is 9.39 Å². The van der Waals surface area contributed by atoms with E-state index >= 15 is 0 Å². The van der Waals surface area contributed by atoms with Crippen molar-refractivity contribution in [2.45, 2.75) is 20.8 Å². The first kappa shape index (κ1) is 17.8. The summed E-state index contributed by atoms with van der Waals surface area (Å²) in [5.41, 5.74) is 9.06. The highest BCUT2D eigenvalue weighted by Crippen LogP contribution is 2.32. The number of benzene rings is 1. The highest BCUT2D eigenvalue weighted by atomic mass is 32.1. The van der Waals surface area contributed by atoms with E-state index in [-0.39, 0.29) is 16.5 Å². The maximum Gasteiger partial charge on any atom is 0.277 e. The second-order valence-corrected chi connectivity index (χ2v) is 6.48. The molecule has 1 amide bonds. The molecular formula is C17H19FN4OS. The Balaban J connectivity index is 2.37. The number of carbonyl (C=O) groups is 1. The molecule has 2 aromatic rings. The molecule has 0 saturated heterocycles. The second kappa shape index (κ2) is 7.35. The van der Waals surface area contributed by atoms with E-state index in [0.717, 1.165) is 22.5 Å². The minimum absolute atomic E-state index is 0.127. The number of aromatic nitrogens is 1. The van der Waals surface area contributed by atoms with E-state index in [2.05, 4.69) is 15.3 Å². The van der Waals surface area contributed by atoms with Gasteiger partial charge >= 0.3 is 0 Å². The number of aryl methyl sites for hydroxylation is 1. The largest absolute Gasteiger partial charge is 0.389 e. The average Bonchev–Trinajstić information content (AvgIpc) is 2.91. The van der Waals surface area contributed by atoms with Crippen molar-refractivity contribution < 1.29 is 9.18 Å². The third-order valence-corrected chi connectivity index (χ3v) is 4.26. The molecule has 5 nitrogen and oxygen atoms in total. The van der Waals surface area contributed by atoms with Crippen molar-refractivity contribution in [1.82, 2.24) is 10.3 Å². The fourth-order valence-electron chi connectivity index (χ4n) is 2.03. The number of nitrogens with zero attached hydrogens (tertiary/aromatic N) is 2. The van der Waals surface area contributed by atoms with Gasteiger partial charge in [0.25, 0.3) is 5.91 Å². The number of aliphatic imine (C=N–C) groups is 1. The molecule has 7 heteroatoms. The zero-order valence-electron chi connectivity index (χ0n) is 14.0. The SMILES string of the molecule is CN=CC(NC(=O)c1nc(-c2cc(F)ccc2C)sc1N)=C(C)C. The Kier molecular flexibility index (Phi) is 5.46. The van der Waals surface area contributed by atoms with E-state index in [4.69, 9.17) is 5.73 Å². The zero-order valence-corrected chi connectivity index (χ0v) is 14.8. The quantitative estimate of drug-likeness (QED) is 0.831. The topological polar surface area (TPSA) is 80.4 Å². The first-order valence-corrected chi connectivity index (χ1v) is 8.09. The lowest BCUT2D eigenvalue weighted by molar-refractivity contribution is 0.0964. The van der Waals surface area contributed by atoms with Crippen molar-refractivity contribution in [2.24, 2.45) is 4.99 Å². The van der Waals surface area contributed by atoms with Crippen LogP contribution >= 0.6 is 11.3 Å². The van der Waals surface area contributed by atoms with Crippen molar-refractivity contribution >= 4 is 28.5 Å². The predicted octanol–water partition coefficient (Wildman–Crippen LogP) is 3.56. The molecule has 0 bridgehead atoms. The van der Waals surface area contributed by atoms with E-state index < -0.39 is 5.91 Å². The number of carbonyl (C=O) groups excluding carboxylic acids is 1. The van der Waals surface area contributed by atoms with Gasteiger partial charge in [0.15, 0.2) is 5.69 Å². The minimum Gasteiger partial charge on any atom is -0.389 e. The lowest BCUT2D eigenvalue weighted by Crippen LogP contribution is -2.25. The summed E-state index contributed by atoms with van der Waals surface area (Å²) in [6.45, 7) is 5.58. The molecule has 0 fully saturated rings. The van der Waals surface area contributed by atoms with E-state index in [9.17, 15) is 9.18 Å². The molecule has 2 rings (SSSR count). The van der Waals surface area contributed by atoms with Gasteiger partial charge in [0.1, 0.15) is 15.8 Å². The van der Waals surface area contributed by atoms with Crippen LogP contribution in [0.2, 0.25) is 0 Å². The lowest BCUT2D eigenvalue weighted by atomic mass is 10.1. The Morgan fingerprint density at radius 1 is 1.42 bits per heavy atom. The van der Waals surface area contributed by atoms with E-state index in [0.29, 0.717) is 16.3 Å². The summed E-state index contributed by atoms with van der Waals surface area (Å²) < 4.78 is 13.5. The zero-order chi connectivity index (χ0) is 17.9. The monoisotopic (exact) mass is 346 g/mol. The molecule has 0 spiro atoms. The number of amides is 1. The van der Waals surface area contributed by atoms with Gasteiger partial charge in [-0.05, 0) is 38.5 Å². The molecule has 0 unspecified atom stereocenters. The molecule has 1 aromatic carbocycles. The maximum absolute atomic E-state index is 13.5. The molecule has 0 aliphatic heterocycles. The molecule has 24 heavy (non-hydrogen) atoms.